The summed E-state index contributed by atoms with van der Waals surface area (Å²) in [7, 11) is 0. The second kappa shape index (κ2) is 2.29. The average molecular weight is 124 g/mol. The van der Waals surface area contributed by atoms with E-state index in [1.807, 2.05) is 6.20 Å². The Morgan fingerprint density at radius 2 is 2.22 bits per heavy atom. The number of nitrogens with zero attached hydrogens (tertiary/aromatic N) is 2. The number of azo groups is 1. The maximum absolute atomic E-state index is 3.97. The van der Waals surface area contributed by atoms with Crippen molar-refractivity contribution in [2.45, 2.75) is 26.8 Å². The first-order chi connectivity index (χ1) is 4.22. The third-order valence-corrected chi connectivity index (χ3v) is 1.60. The predicted molar refractivity (Wildman–Crippen MR) is 37.2 cm³/mol. The van der Waals surface area contributed by atoms with E-state index in [1.54, 1.807) is 0 Å². The topological polar surface area (TPSA) is 24.7 Å². The highest BCUT2D eigenvalue weighted by Crippen LogP contribution is 2.21. The van der Waals surface area contributed by atoms with Crippen LogP contribution in [0.15, 0.2) is 22.0 Å². The molecule has 0 aromatic rings. The summed E-state index contributed by atoms with van der Waals surface area (Å²) >= 11 is 0. The minimum absolute atomic E-state index is 0.324. The standard InChI is InChI=1S/C7H12N2/c1-5(2)7-4-8-9-6(7)3/h4-6H,1-3H3. The van der Waals surface area contributed by atoms with Crippen molar-refractivity contribution < 1.29 is 0 Å². The van der Waals surface area contributed by atoms with E-state index < -0.39 is 0 Å². The molecule has 0 fully saturated rings. The van der Waals surface area contributed by atoms with Gasteiger partial charge in [0.2, 0.25) is 0 Å². The Kier molecular flexibility index (Phi) is 1.65. The molecule has 1 unspecified atom stereocenters. The van der Waals surface area contributed by atoms with Crippen molar-refractivity contribution in [2.75, 3.05) is 0 Å². The van der Waals surface area contributed by atoms with E-state index >= 15 is 0 Å². The molecule has 1 heterocycles. The molecule has 0 saturated carbocycles. The van der Waals surface area contributed by atoms with Gasteiger partial charge in [-0.3, -0.25) is 0 Å². The molecule has 1 atom stereocenters. The number of rotatable bonds is 1. The van der Waals surface area contributed by atoms with Crippen molar-refractivity contribution in [3.63, 3.8) is 0 Å². The van der Waals surface area contributed by atoms with Crippen LogP contribution in [0.25, 0.3) is 0 Å². The Bertz CT molecular complexity index is 156. The molecule has 1 aliphatic rings. The van der Waals surface area contributed by atoms with Gasteiger partial charge in [-0.05, 0) is 18.4 Å². The molecule has 9 heavy (non-hydrogen) atoms. The van der Waals surface area contributed by atoms with Gasteiger partial charge in [-0.1, -0.05) is 13.8 Å². The van der Waals surface area contributed by atoms with Crippen LogP contribution in [0.3, 0.4) is 0 Å². The van der Waals surface area contributed by atoms with E-state index in [0.717, 1.165) is 0 Å². The molecule has 0 bridgehead atoms. The first kappa shape index (κ1) is 6.46. The smallest absolute Gasteiger partial charge is 0.0914 e. The van der Waals surface area contributed by atoms with E-state index in [2.05, 4.69) is 31.0 Å². The van der Waals surface area contributed by atoms with Crippen LogP contribution in [0.4, 0.5) is 0 Å². The molecule has 0 radical (unpaired) electrons. The summed E-state index contributed by atoms with van der Waals surface area (Å²) in [5.74, 6) is 0.593. The highest BCUT2D eigenvalue weighted by atomic mass is 15.1. The fourth-order valence-electron chi connectivity index (χ4n) is 1.01. The minimum Gasteiger partial charge on any atom is -0.182 e. The van der Waals surface area contributed by atoms with Gasteiger partial charge in [-0.25, -0.2) is 0 Å². The van der Waals surface area contributed by atoms with Gasteiger partial charge < -0.3 is 0 Å². The predicted octanol–water partition coefficient (Wildman–Crippen LogP) is 2.38. The summed E-state index contributed by atoms with van der Waals surface area (Å²) < 4.78 is 0. The highest BCUT2D eigenvalue weighted by Gasteiger charge is 2.14. The summed E-state index contributed by atoms with van der Waals surface area (Å²) in [6.45, 7) is 6.40. The monoisotopic (exact) mass is 124 g/mol. The van der Waals surface area contributed by atoms with Crippen LogP contribution in [0.1, 0.15) is 20.8 Å². The summed E-state index contributed by atoms with van der Waals surface area (Å²) in [6, 6.07) is 0.324. The van der Waals surface area contributed by atoms with Crippen LogP contribution in [-0.2, 0) is 0 Å². The molecule has 50 valence electrons. The molecular formula is C7H12N2. The minimum atomic E-state index is 0.324. The maximum Gasteiger partial charge on any atom is 0.0914 e. The van der Waals surface area contributed by atoms with Gasteiger partial charge in [0.1, 0.15) is 0 Å². The molecule has 2 heteroatoms. The summed E-state index contributed by atoms with van der Waals surface area (Å²) in [5.41, 5.74) is 1.34. The first-order valence-corrected chi connectivity index (χ1v) is 3.31. The van der Waals surface area contributed by atoms with Gasteiger partial charge in [-0.15, -0.1) is 0 Å². The summed E-state index contributed by atoms with van der Waals surface area (Å²) in [4.78, 5) is 0. The molecule has 1 rings (SSSR count). The number of hydrogen-bond acceptors (Lipinski definition) is 2. The Balaban J connectivity index is 2.64. The lowest BCUT2D eigenvalue weighted by Crippen LogP contribution is -2.04. The highest BCUT2D eigenvalue weighted by molar-refractivity contribution is 5.14. The van der Waals surface area contributed by atoms with Crippen LogP contribution >= 0.6 is 0 Å². The van der Waals surface area contributed by atoms with E-state index in [9.17, 15) is 0 Å². The van der Waals surface area contributed by atoms with Crippen molar-refractivity contribution in [1.82, 2.24) is 0 Å². The normalized spacial score (nSPS) is 25.3. The Hall–Kier alpha value is -0.660. The lowest BCUT2D eigenvalue weighted by atomic mass is 9.99. The van der Waals surface area contributed by atoms with Gasteiger partial charge in [-0.2, -0.15) is 10.2 Å². The molecule has 0 spiro atoms. The van der Waals surface area contributed by atoms with E-state index in [1.165, 1.54) is 5.57 Å². The van der Waals surface area contributed by atoms with Crippen molar-refractivity contribution in [2.24, 2.45) is 16.1 Å². The van der Waals surface area contributed by atoms with Gasteiger partial charge in [0.15, 0.2) is 0 Å². The average Bonchev–Trinajstić information content (AvgIpc) is 2.13. The Labute approximate surface area is 55.7 Å². The fraction of sp³-hybridized carbons (Fsp3) is 0.714. The molecule has 0 aromatic carbocycles. The SMILES string of the molecule is CC(C)C1=CN=NC1C. The van der Waals surface area contributed by atoms with Crippen molar-refractivity contribution in [1.29, 1.82) is 0 Å². The Morgan fingerprint density at radius 1 is 1.56 bits per heavy atom. The second-order valence-corrected chi connectivity index (χ2v) is 2.69. The fourth-order valence-corrected chi connectivity index (χ4v) is 1.01. The molecule has 0 aromatic heterocycles. The lowest BCUT2D eigenvalue weighted by Gasteiger charge is -2.07. The quantitative estimate of drug-likeness (QED) is 0.512. The van der Waals surface area contributed by atoms with E-state index in [0.29, 0.717) is 12.0 Å². The second-order valence-electron chi connectivity index (χ2n) is 2.69. The molecule has 0 N–H and O–H groups in total. The van der Waals surface area contributed by atoms with Gasteiger partial charge in [0, 0.05) is 0 Å². The molecular weight excluding hydrogens is 112 g/mol. The van der Waals surface area contributed by atoms with Crippen molar-refractivity contribution >= 4 is 0 Å². The molecule has 0 aliphatic carbocycles. The summed E-state index contributed by atoms with van der Waals surface area (Å²) in [5, 5.41) is 7.80. The lowest BCUT2D eigenvalue weighted by molar-refractivity contribution is 0.684. The maximum atomic E-state index is 3.97. The zero-order valence-corrected chi connectivity index (χ0v) is 6.13. The van der Waals surface area contributed by atoms with Gasteiger partial charge in [0.05, 0.1) is 12.2 Å². The van der Waals surface area contributed by atoms with Crippen molar-refractivity contribution in [3.8, 4) is 0 Å². The van der Waals surface area contributed by atoms with Crippen LogP contribution in [0.5, 0.6) is 0 Å². The third-order valence-electron chi connectivity index (χ3n) is 1.60. The first-order valence-electron chi connectivity index (χ1n) is 3.31. The number of hydrogen-bond donors (Lipinski definition) is 0. The van der Waals surface area contributed by atoms with Crippen LogP contribution in [0, 0.1) is 5.92 Å². The Morgan fingerprint density at radius 3 is 2.44 bits per heavy atom. The molecule has 2 nitrogen and oxygen atoms in total. The zero-order valence-electron chi connectivity index (χ0n) is 6.13. The third kappa shape index (κ3) is 1.18. The van der Waals surface area contributed by atoms with Crippen LogP contribution in [-0.4, -0.2) is 6.04 Å². The summed E-state index contributed by atoms with van der Waals surface area (Å²) in [6.07, 6.45) is 1.87. The molecule has 0 saturated heterocycles. The zero-order chi connectivity index (χ0) is 6.85. The van der Waals surface area contributed by atoms with Crippen LogP contribution < -0.4 is 0 Å². The van der Waals surface area contributed by atoms with Crippen molar-refractivity contribution in [3.05, 3.63) is 11.8 Å². The van der Waals surface area contributed by atoms with Crippen LogP contribution in [0.2, 0.25) is 0 Å². The van der Waals surface area contributed by atoms with Gasteiger partial charge in [0.25, 0.3) is 0 Å². The molecule has 1 aliphatic heterocycles. The van der Waals surface area contributed by atoms with E-state index in [4.69, 9.17) is 0 Å². The molecule has 0 amide bonds. The van der Waals surface area contributed by atoms with Gasteiger partial charge >= 0.3 is 0 Å². The largest absolute Gasteiger partial charge is 0.182 e. The van der Waals surface area contributed by atoms with E-state index in [-0.39, 0.29) is 0 Å².